The molecule has 1 aromatic carbocycles. The van der Waals surface area contributed by atoms with Crippen molar-refractivity contribution in [3.05, 3.63) is 53.9 Å². The zero-order valence-corrected chi connectivity index (χ0v) is 15.9. The maximum Gasteiger partial charge on any atom is 0.224 e. The highest BCUT2D eigenvalue weighted by Gasteiger charge is 2.30. The van der Waals surface area contributed by atoms with Gasteiger partial charge in [-0.05, 0) is 30.4 Å². The molecule has 144 valence electrons. The number of H-pyrrole nitrogens is 1. The van der Waals surface area contributed by atoms with Crippen LogP contribution in [-0.2, 0) is 22.6 Å². The van der Waals surface area contributed by atoms with Crippen molar-refractivity contribution < 1.29 is 9.59 Å². The second kappa shape index (κ2) is 9.35. The first-order chi connectivity index (χ1) is 13.2. The Bertz CT molecular complexity index is 730. The van der Waals surface area contributed by atoms with Crippen molar-refractivity contribution in [2.75, 3.05) is 13.1 Å². The van der Waals surface area contributed by atoms with Crippen LogP contribution in [0.2, 0.25) is 0 Å². The van der Waals surface area contributed by atoms with Gasteiger partial charge in [0.2, 0.25) is 11.8 Å². The topological polar surface area (TPSA) is 69.3 Å². The molecule has 0 unspecified atom stereocenters. The maximum absolute atomic E-state index is 12.7. The minimum absolute atomic E-state index is 0.0676. The van der Waals surface area contributed by atoms with Gasteiger partial charge in [-0.2, -0.15) is 5.10 Å². The Morgan fingerprint density at radius 1 is 1.26 bits per heavy atom. The fourth-order valence-corrected chi connectivity index (χ4v) is 3.61. The lowest BCUT2D eigenvalue weighted by Gasteiger charge is -2.31. The Morgan fingerprint density at radius 2 is 2.07 bits per heavy atom. The molecule has 0 radical (unpaired) electrons. The van der Waals surface area contributed by atoms with Crippen LogP contribution in [0.4, 0.5) is 0 Å². The van der Waals surface area contributed by atoms with Gasteiger partial charge in [0.25, 0.3) is 0 Å². The van der Waals surface area contributed by atoms with Crippen LogP contribution in [0.5, 0.6) is 0 Å². The number of benzene rings is 1. The molecule has 1 N–H and O–H groups in total. The SMILES string of the molecule is CC[C@@H]1CN(C(=O)CCCc2cn[nH]c2)CCC(=O)N1Cc1ccccc1. The lowest BCUT2D eigenvalue weighted by Crippen LogP contribution is -2.43. The normalized spacial score (nSPS) is 17.8. The summed E-state index contributed by atoms with van der Waals surface area (Å²) in [7, 11) is 0. The summed E-state index contributed by atoms with van der Waals surface area (Å²) in [6, 6.07) is 10.1. The van der Waals surface area contributed by atoms with Gasteiger partial charge in [-0.15, -0.1) is 0 Å². The number of amides is 2. The van der Waals surface area contributed by atoms with Crippen LogP contribution >= 0.6 is 0 Å². The number of aromatic nitrogens is 2. The average molecular weight is 368 g/mol. The second-order valence-electron chi connectivity index (χ2n) is 7.12. The Morgan fingerprint density at radius 3 is 2.78 bits per heavy atom. The molecule has 1 aliphatic rings. The Kier molecular flexibility index (Phi) is 6.63. The van der Waals surface area contributed by atoms with E-state index in [1.165, 1.54) is 0 Å². The molecule has 1 fully saturated rings. The van der Waals surface area contributed by atoms with Gasteiger partial charge in [0.15, 0.2) is 0 Å². The summed E-state index contributed by atoms with van der Waals surface area (Å²) in [5, 5.41) is 6.73. The van der Waals surface area contributed by atoms with Crippen molar-refractivity contribution in [1.29, 1.82) is 0 Å². The molecule has 1 atom stereocenters. The van der Waals surface area contributed by atoms with Crippen LogP contribution in [0.3, 0.4) is 0 Å². The van der Waals surface area contributed by atoms with Crippen molar-refractivity contribution in [1.82, 2.24) is 20.0 Å². The summed E-state index contributed by atoms with van der Waals surface area (Å²) < 4.78 is 0. The molecule has 2 aromatic rings. The molecule has 27 heavy (non-hydrogen) atoms. The molecule has 6 heteroatoms. The third-order valence-electron chi connectivity index (χ3n) is 5.22. The van der Waals surface area contributed by atoms with Crippen LogP contribution in [0.1, 0.15) is 43.7 Å². The minimum atomic E-state index is 0.0676. The van der Waals surface area contributed by atoms with Crippen molar-refractivity contribution >= 4 is 11.8 Å². The number of carbonyl (C=O) groups excluding carboxylic acids is 2. The summed E-state index contributed by atoms with van der Waals surface area (Å²) in [5.74, 6) is 0.283. The van der Waals surface area contributed by atoms with Gasteiger partial charge in [0.05, 0.1) is 6.20 Å². The Balaban J connectivity index is 1.58. The number of rotatable bonds is 7. The molecule has 0 bridgehead atoms. The number of aryl methyl sites for hydroxylation is 1. The number of aromatic amines is 1. The van der Waals surface area contributed by atoms with E-state index in [2.05, 4.69) is 17.1 Å². The van der Waals surface area contributed by atoms with Gasteiger partial charge in [-0.3, -0.25) is 14.7 Å². The molecular formula is C21H28N4O2. The number of nitrogens with zero attached hydrogens (tertiary/aromatic N) is 3. The zero-order chi connectivity index (χ0) is 19.1. The van der Waals surface area contributed by atoms with E-state index in [1.54, 1.807) is 6.20 Å². The van der Waals surface area contributed by atoms with E-state index in [9.17, 15) is 9.59 Å². The first kappa shape index (κ1) is 19.1. The highest BCUT2D eigenvalue weighted by atomic mass is 16.2. The predicted octanol–water partition coefficient (Wildman–Crippen LogP) is 2.77. The first-order valence-corrected chi connectivity index (χ1v) is 9.76. The number of hydrogen-bond acceptors (Lipinski definition) is 3. The third-order valence-corrected chi connectivity index (χ3v) is 5.22. The summed E-state index contributed by atoms with van der Waals surface area (Å²) in [6.07, 6.45) is 7.05. The molecule has 0 spiro atoms. The highest BCUT2D eigenvalue weighted by molar-refractivity contribution is 5.80. The quantitative estimate of drug-likeness (QED) is 0.817. The van der Waals surface area contributed by atoms with Gasteiger partial charge >= 0.3 is 0 Å². The highest BCUT2D eigenvalue weighted by Crippen LogP contribution is 2.19. The van der Waals surface area contributed by atoms with Crippen LogP contribution in [0, 0.1) is 0 Å². The largest absolute Gasteiger partial charge is 0.340 e. The smallest absolute Gasteiger partial charge is 0.224 e. The maximum atomic E-state index is 12.7. The molecule has 0 saturated carbocycles. The van der Waals surface area contributed by atoms with Crippen molar-refractivity contribution in [3.63, 3.8) is 0 Å². The molecule has 0 aliphatic carbocycles. The van der Waals surface area contributed by atoms with Gasteiger partial charge < -0.3 is 9.80 Å². The monoisotopic (exact) mass is 368 g/mol. The van der Waals surface area contributed by atoms with E-state index >= 15 is 0 Å². The van der Waals surface area contributed by atoms with E-state index in [0.717, 1.165) is 30.4 Å². The molecule has 2 heterocycles. The molecule has 1 aliphatic heterocycles. The summed E-state index contributed by atoms with van der Waals surface area (Å²) in [4.78, 5) is 29.2. The van der Waals surface area contributed by atoms with E-state index in [4.69, 9.17) is 0 Å². The Labute approximate surface area is 160 Å². The van der Waals surface area contributed by atoms with Crippen LogP contribution in [0.25, 0.3) is 0 Å². The van der Waals surface area contributed by atoms with Crippen LogP contribution in [-0.4, -0.2) is 50.9 Å². The second-order valence-corrected chi connectivity index (χ2v) is 7.12. The standard InChI is InChI=1S/C21H28N4O2/c1-2-19-16-24(20(26)10-6-9-18-13-22-23-14-18)12-11-21(27)25(19)15-17-7-4-3-5-8-17/h3-5,7-8,13-14,19H,2,6,9-12,15-16H2,1H3,(H,22,23)/t19-/m1/s1. The first-order valence-electron chi connectivity index (χ1n) is 9.76. The summed E-state index contributed by atoms with van der Waals surface area (Å²) >= 11 is 0. The molecule has 6 nitrogen and oxygen atoms in total. The zero-order valence-electron chi connectivity index (χ0n) is 15.9. The summed E-state index contributed by atoms with van der Waals surface area (Å²) in [6.45, 7) is 3.84. The van der Waals surface area contributed by atoms with E-state index in [0.29, 0.717) is 32.5 Å². The van der Waals surface area contributed by atoms with E-state index in [-0.39, 0.29) is 17.9 Å². The van der Waals surface area contributed by atoms with Crippen LogP contribution < -0.4 is 0 Å². The van der Waals surface area contributed by atoms with E-state index in [1.807, 2.05) is 46.3 Å². The lowest BCUT2D eigenvalue weighted by molar-refractivity contribution is -0.133. The molecule has 2 amide bonds. The van der Waals surface area contributed by atoms with E-state index < -0.39 is 0 Å². The molecule has 1 saturated heterocycles. The predicted molar refractivity (Wildman–Crippen MR) is 104 cm³/mol. The fraction of sp³-hybridized carbons (Fsp3) is 0.476. The van der Waals surface area contributed by atoms with Crippen molar-refractivity contribution in [2.45, 2.75) is 51.6 Å². The number of carbonyl (C=O) groups is 2. The van der Waals surface area contributed by atoms with Gasteiger partial charge in [-0.1, -0.05) is 37.3 Å². The van der Waals surface area contributed by atoms with Gasteiger partial charge in [0, 0.05) is 44.7 Å². The molecule has 3 rings (SSSR count). The fourth-order valence-electron chi connectivity index (χ4n) is 3.61. The molecular weight excluding hydrogens is 340 g/mol. The lowest BCUT2D eigenvalue weighted by atomic mass is 10.1. The van der Waals surface area contributed by atoms with Crippen molar-refractivity contribution in [3.8, 4) is 0 Å². The van der Waals surface area contributed by atoms with Gasteiger partial charge in [0.1, 0.15) is 0 Å². The average Bonchev–Trinajstić information content (AvgIpc) is 3.15. The molecule has 1 aromatic heterocycles. The minimum Gasteiger partial charge on any atom is -0.340 e. The van der Waals surface area contributed by atoms with Crippen molar-refractivity contribution in [2.24, 2.45) is 0 Å². The van der Waals surface area contributed by atoms with Crippen LogP contribution in [0.15, 0.2) is 42.7 Å². The van der Waals surface area contributed by atoms with Gasteiger partial charge in [-0.25, -0.2) is 0 Å². The number of nitrogens with one attached hydrogen (secondary N) is 1. The number of hydrogen-bond donors (Lipinski definition) is 1. The third kappa shape index (κ3) is 5.18. The summed E-state index contributed by atoms with van der Waals surface area (Å²) in [5.41, 5.74) is 2.25. The Hall–Kier alpha value is -2.63.